The smallest absolute Gasteiger partial charge is 0.253 e. The average Bonchev–Trinajstić information content (AvgIpc) is 3.20. The zero-order chi connectivity index (χ0) is 29.3. The van der Waals surface area contributed by atoms with Crippen LogP contribution in [0.5, 0.6) is 17.2 Å². The van der Waals surface area contributed by atoms with Crippen LogP contribution in [0.1, 0.15) is 47.5 Å². The Labute approximate surface area is 239 Å². The van der Waals surface area contributed by atoms with Crippen molar-refractivity contribution in [1.29, 1.82) is 0 Å². The topological polar surface area (TPSA) is 114 Å². The molecule has 0 atom stereocenters. The number of phenols is 3. The number of hydrogen-bond acceptors (Lipinski definition) is 7. The summed E-state index contributed by atoms with van der Waals surface area (Å²) >= 11 is 0. The third kappa shape index (κ3) is 5.65. The van der Waals surface area contributed by atoms with Crippen LogP contribution < -0.4 is 5.43 Å². The zero-order valence-corrected chi connectivity index (χ0v) is 23.7. The summed E-state index contributed by atoms with van der Waals surface area (Å²) in [4.78, 5) is 31.2. The second-order valence-electron chi connectivity index (χ2n) is 11.2. The summed E-state index contributed by atoms with van der Waals surface area (Å²) in [6.45, 7) is 9.40. The summed E-state index contributed by atoms with van der Waals surface area (Å²) in [5.74, 6) is -1.60. The van der Waals surface area contributed by atoms with Crippen LogP contribution in [0.4, 0.5) is 0 Å². The van der Waals surface area contributed by atoms with Gasteiger partial charge in [0.15, 0.2) is 11.5 Å². The van der Waals surface area contributed by atoms with Crippen LogP contribution in [0, 0.1) is 12.8 Å². The molecule has 0 radical (unpaired) electrons. The summed E-state index contributed by atoms with van der Waals surface area (Å²) in [5, 5.41) is 31.3. The number of fused-ring (bicyclic) bond motifs is 1. The molecule has 0 saturated carbocycles. The monoisotopic (exact) mass is 556 g/mol. The van der Waals surface area contributed by atoms with Gasteiger partial charge in [0.25, 0.3) is 5.91 Å². The van der Waals surface area contributed by atoms with Crippen LogP contribution in [0.15, 0.2) is 63.8 Å². The first kappa shape index (κ1) is 28.2. The average molecular weight is 557 g/mol. The number of carbonyl (C=O) groups excluding carboxylic acids is 1. The van der Waals surface area contributed by atoms with Crippen LogP contribution in [-0.4, -0.2) is 57.2 Å². The van der Waals surface area contributed by atoms with E-state index in [0.717, 1.165) is 26.1 Å². The van der Waals surface area contributed by atoms with Gasteiger partial charge in [0.05, 0.1) is 5.56 Å². The SMILES string of the molecule is Cc1oc2c(CC(C)C)c(O)c(O)c(O)c2c(=O)c1-c1ccc(C(=O)N2CCCN(Cc3ccccc3)CC2)cc1. The molecule has 41 heavy (non-hydrogen) atoms. The number of rotatable bonds is 6. The lowest BCUT2D eigenvalue weighted by molar-refractivity contribution is 0.0761. The molecule has 0 aliphatic carbocycles. The van der Waals surface area contributed by atoms with Crippen LogP contribution in [-0.2, 0) is 13.0 Å². The standard InChI is InChI=1S/C33H36N2O6/c1-20(2)18-25-28(36)31(39)30(38)27-29(37)26(21(3)41-32(25)27)23-10-12-24(13-11-23)33(40)35-15-7-14-34(16-17-35)19-22-8-5-4-6-9-22/h4-6,8-13,20,36,38-39H,7,14-19H2,1-3H3. The number of amides is 1. The number of aryl methyl sites for hydroxylation is 1. The predicted octanol–water partition coefficient (Wildman–Crippen LogP) is 5.43. The van der Waals surface area contributed by atoms with Gasteiger partial charge in [-0.1, -0.05) is 56.3 Å². The van der Waals surface area contributed by atoms with E-state index >= 15 is 0 Å². The molecule has 0 bridgehead atoms. The first-order valence-electron chi connectivity index (χ1n) is 14.0. The fourth-order valence-corrected chi connectivity index (χ4v) is 5.62. The van der Waals surface area contributed by atoms with Crippen molar-refractivity contribution in [2.45, 2.75) is 40.2 Å². The van der Waals surface area contributed by atoms with E-state index in [9.17, 15) is 24.9 Å². The summed E-state index contributed by atoms with van der Waals surface area (Å²) < 4.78 is 6.01. The Kier molecular flexibility index (Phi) is 8.03. The molecule has 5 rings (SSSR count). The molecule has 0 spiro atoms. The van der Waals surface area contributed by atoms with E-state index in [1.54, 1.807) is 31.2 Å². The zero-order valence-electron chi connectivity index (χ0n) is 23.7. The summed E-state index contributed by atoms with van der Waals surface area (Å²) in [7, 11) is 0. The lowest BCUT2D eigenvalue weighted by Gasteiger charge is -2.22. The Morgan fingerprint density at radius 2 is 1.61 bits per heavy atom. The van der Waals surface area contributed by atoms with Gasteiger partial charge in [-0.3, -0.25) is 14.5 Å². The number of benzene rings is 3. The van der Waals surface area contributed by atoms with Crippen LogP contribution in [0.2, 0.25) is 0 Å². The van der Waals surface area contributed by atoms with Crippen molar-refractivity contribution in [3.8, 4) is 28.4 Å². The van der Waals surface area contributed by atoms with Gasteiger partial charge in [-0.15, -0.1) is 0 Å². The third-order valence-electron chi connectivity index (χ3n) is 7.69. The third-order valence-corrected chi connectivity index (χ3v) is 7.69. The van der Waals surface area contributed by atoms with Crippen LogP contribution >= 0.6 is 0 Å². The van der Waals surface area contributed by atoms with Gasteiger partial charge in [-0.25, -0.2) is 0 Å². The molecule has 1 fully saturated rings. The number of hydrogen-bond donors (Lipinski definition) is 3. The first-order valence-corrected chi connectivity index (χ1v) is 14.0. The molecule has 8 heteroatoms. The van der Waals surface area contributed by atoms with Gasteiger partial charge < -0.3 is 24.6 Å². The van der Waals surface area contributed by atoms with Crippen LogP contribution in [0.3, 0.4) is 0 Å². The summed E-state index contributed by atoms with van der Waals surface area (Å²) in [6.07, 6.45) is 1.23. The highest BCUT2D eigenvalue weighted by atomic mass is 16.3. The Morgan fingerprint density at radius 3 is 2.29 bits per heavy atom. The highest BCUT2D eigenvalue weighted by Gasteiger charge is 2.26. The molecule has 8 nitrogen and oxygen atoms in total. The van der Waals surface area contributed by atoms with E-state index in [1.807, 2.05) is 36.9 Å². The molecule has 1 aliphatic rings. The predicted molar refractivity (Wildman–Crippen MR) is 158 cm³/mol. The van der Waals surface area contributed by atoms with Gasteiger partial charge in [0.2, 0.25) is 11.2 Å². The van der Waals surface area contributed by atoms with E-state index in [2.05, 4.69) is 17.0 Å². The Bertz CT molecular complexity index is 1630. The van der Waals surface area contributed by atoms with Crippen molar-refractivity contribution in [3.05, 3.63) is 87.3 Å². The fraction of sp³-hybridized carbons (Fsp3) is 0.333. The molecule has 3 N–H and O–H groups in total. The van der Waals surface area contributed by atoms with Crippen molar-refractivity contribution in [3.63, 3.8) is 0 Å². The molecule has 1 aromatic heterocycles. The van der Waals surface area contributed by atoms with Crippen molar-refractivity contribution >= 4 is 16.9 Å². The second kappa shape index (κ2) is 11.7. The molecule has 4 aromatic rings. The van der Waals surface area contributed by atoms with Gasteiger partial charge in [0, 0.05) is 43.9 Å². The highest BCUT2D eigenvalue weighted by Crippen LogP contribution is 2.45. The lowest BCUT2D eigenvalue weighted by atomic mass is 9.95. The first-order chi connectivity index (χ1) is 19.7. The van der Waals surface area contributed by atoms with E-state index in [0.29, 0.717) is 36.4 Å². The highest BCUT2D eigenvalue weighted by molar-refractivity contribution is 5.96. The minimum atomic E-state index is -0.740. The molecule has 2 heterocycles. The molecule has 214 valence electrons. The van der Waals surface area contributed by atoms with E-state index in [-0.39, 0.29) is 33.9 Å². The molecule has 1 amide bonds. The molecule has 0 unspecified atom stereocenters. The Hall–Kier alpha value is -4.30. The van der Waals surface area contributed by atoms with Gasteiger partial charge in [0.1, 0.15) is 16.7 Å². The molecular formula is C33H36N2O6. The van der Waals surface area contributed by atoms with E-state index in [4.69, 9.17) is 4.42 Å². The Balaban J connectivity index is 1.39. The van der Waals surface area contributed by atoms with Crippen LogP contribution in [0.25, 0.3) is 22.1 Å². The summed E-state index contributed by atoms with van der Waals surface area (Å²) in [5.41, 5.74) is 2.35. The fourth-order valence-electron chi connectivity index (χ4n) is 5.62. The largest absolute Gasteiger partial charge is 0.504 e. The maximum absolute atomic E-state index is 13.6. The molecule has 3 aromatic carbocycles. The number of aromatic hydroxyl groups is 3. The van der Waals surface area contributed by atoms with Crippen molar-refractivity contribution in [2.75, 3.05) is 26.2 Å². The van der Waals surface area contributed by atoms with Gasteiger partial charge in [-0.05, 0) is 48.9 Å². The van der Waals surface area contributed by atoms with E-state index < -0.39 is 22.7 Å². The van der Waals surface area contributed by atoms with Crippen molar-refractivity contribution in [1.82, 2.24) is 9.80 Å². The van der Waals surface area contributed by atoms with E-state index in [1.165, 1.54) is 5.56 Å². The maximum Gasteiger partial charge on any atom is 0.253 e. The van der Waals surface area contributed by atoms with Crippen molar-refractivity contribution in [2.24, 2.45) is 5.92 Å². The minimum absolute atomic E-state index is 0.0586. The van der Waals surface area contributed by atoms with Gasteiger partial charge >= 0.3 is 0 Å². The lowest BCUT2D eigenvalue weighted by Crippen LogP contribution is -2.35. The summed E-state index contributed by atoms with van der Waals surface area (Å²) in [6, 6.07) is 17.1. The molecule has 1 saturated heterocycles. The number of nitrogens with zero attached hydrogens (tertiary/aromatic N) is 2. The van der Waals surface area contributed by atoms with Crippen molar-refractivity contribution < 1.29 is 24.5 Å². The van der Waals surface area contributed by atoms with Gasteiger partial charge in [-0.2, -0.15) is 0 Å². The quantitative estimate of drug-likeness (QED) is 0.271. The maximum atomic E-state index is 13.6. The number of carbonyl (C=O) groups is 1. The molecule has 1 aliphatic heterocycles. The Morgan fingerprint density at radius 1 is 0.902 bits per heavy atom. The molecular weight excluding hydrogens is 520 g/mol. The normalized spacial score (nSPS) is 14.5. The second-order valence-corrected chi connectivity index (χ2v) is 11.2. The minimum Gasteiger partial charge on any atom is -0.504 e. The number of phenolic OH excluding ortho intramolecular Hbond substituents is 3.